The minimum Gasteiger partial charge on any atom is -0.437 e. The number of nitrogens with one attached hydrogen (secondary N) is 1. The predicted octanol–water partition coefficient (Wildman–Crippen LogP) is 4.09. The zero-order valence-electron chi connectivity index (χ0n) is 13.5. The monoisotopic (exact) mass is 395 g/mol. The largest absolute Gasteiger partial charge is 0.437 e. The van der Waals surface area contributed by atoms with Crippen molar-refractivity contribution in [1.82, 2.24) is 9.97 Å². The predicted molar refractivity (Wildman–Crippen MR) is 90.8 cm³/mol. The maximum Gasteiger partial charge on any atom is 0.417 e. The van der Waals surface area contributed by atoms with E-state index in [4.69, 9.17) is 4.74 Å². The molecular formula is C17H12F3N3O3S. The van der Waals surface area contributed by atoms with E-state index in [1.54, 1.807) is 0 Å². The van der Waals surface area contributed by atoms with Crippen molar-refractivity contribution in [2.45, 2.75) is 11.1 Å². The van der Waals surface area contributed by atoms with Crippen LogP contribution in [-0.2, 0) is 16.2 Å². The molecule has 0 atom stereocenters. The van der Waals surface area contributed by atoms with Crippen LogP contribution in [0.1, 0.15) is 5.56 Å². The average molecular weight is 395 g/mol. The number of rotatable bonds is 5. The number of hydrogen-bond donors (Lipinski definition) is 1. The van der Waals surface area contributed by atoms with Crippen molar-refractivity contribution in [3.8, 4) is 11.6 Å². The molecule has 0 unspecified atom stereocenters. The van der Waals surface area contributed by atoms with E-state index in [0.29, 0.717) is 6.07 Å². The van der Waals surface area contributed by atoms with E-state index in [9.17, 15) is 21.6 Å². The highest BCUT2D eigenvalue weighted by Crippen LogP contribution is 2.34. The van der Waals surface area contributed by atoms with Crippen LogP contribution in [0.15, 0.2) is 72.0 Å². The topological polar surface area (TPSA) is 81.2 Å². The second-order valence-corrected chi connectivity index (χ2v) is 6.92. The molecule has 0 radical (unpaired) electrons. The van der Waals surface area contributed by atoms with E-state index in [2.05, 4.69) is 14.7 Å². The Balaban J connectivity index is 1.88. The molecular weight excluding hydrogens is 383 g/mol. The first-order valence-electron chi connectivity index (χ1n) is 7.49. The van der Waals surface area contributed by atoms with Crippen LogP contribution < -0.4 is 9.46 Å². The Morgan fingerprint density at radius 2 is 1.78 bits per heavy atom. The Bertz CT molecular complexity index is 1040. The van der Waals surface area contributed by atoms with Gasteiger partial charge in [-0.3, -0.25) is 9.71 Å². The van der Waals surface area contributed by atoms with Gasteiger partial charge in [0, 0.05) is 18.5 Å². The lowest BCUT2D eigenvalue weighted by Gasteiger charge is -2.14. The number of anilines is 1. The Hall–Kier alpha value is -3.14. The lowest BCUT2D eigenvalue weighted by Crippen LogP contribution is -2.18. The maximum atomic E-state index is 13.1. The molecule has 6 nitrogen and oxygen atoms in total. The van der Waals surface area contributed by atoms with Crippen LogP contribution in [0, 0.1) is 0 Å². The summed E-state index contributed by atoms with van der Waals surface area (Å²) in [6, 6.07) is 9.68. The van der Waals surface area contributed by atoms with Gasteiger partial charge in [0.2, 0.25) is 5.88 Å². The smallest absolute Gasteiger partial charge is 0.417 e. The second-order valence-electron chi connectivity index (χ2n) is 5.27. The second kappa shape index (κ2) is 7.23. The molecule has 0 spiro atoms. The molecule has 2 aromatic carbocycles. The molecule has 140 valence electrons. The molecule has 10 heteroatoms. The van der Waals surface area contributed by atoms with Crippen LogP contribution in [0.25, 0.3) is 0 Å². The molecule has 1 aromatic heterocycles. The SMILES string of the molecule is O=S(=O)(Nc1cccc(Oc2cnccn2)c1)c1ccccc1C(F)(F)F. The first-order chi connectivity index (χ1) is 12.8. The lowest BCUT2D eigenvalue weighted by molar-refractivity contribution is -0.139. The summed E-state index contributed by atoms with van der Waals surface area (Å²) in [5.74, 6) is 0.416. The molecule has 0 bridgehead atoms. The van der Waals surface area contributed by atoms with Crippen LogP contribution in [0.5, 0.6) is 11.6 Å². The molecule has 0 fully saturated rings. The molecule has 0 saturated carbocycles. The minimum absolute atomic E-state index is 0.0355. The van der Waals surface area contributed by atoms with Crippen LogP contribution in [-0.4, -0.2) is 18.4 Å². The Morgan fingerprint density at radius 1 is 1.00 bits per heavy atom. The molecule has 0 aliphatic heterocycles. The summed E-state index contributed by atoms with van der Waals surface area (Å²) in [6.07, 6.45) is -0.579. The Labute approximate surface area is 152 Å². The number of halogens is 3. The van der Waals surface area contributed by atoms with Gasteiger partial charge in [-0.25, -0.2) is 13.4 Å². The summed E-state index contributed by atoms with van der Waals surface area (Å²) in [4.78, 5) is 6.88. The van der Waals surface area contributed by atoms with Crippen molar-refractivity contribution in [2.75, 3.05) is 4.72 Å². The van der Waals surface area contributed by atoms with Gasteiger partial charge in [0.1, 0.15) is 5.75 Å². The van der Waals surface area contributed by atoms with Gasteiger partial charge in [0.05, 0.1) is 22.3 Å². The molecule has 3 rings (SSSR count). The van der Waals surface area contributed by atoms with E-state index < -0.39 is 26.7 Å². The third-order valence-electron chi connectivity index (χ3n) is 3.33. The average Bonchev–Trinajstić information content (AvgIpc) is 2.62. The number of sulfonamides is 1. The van der Waals surface area contributed by atoms with Gasteiger partial charge in [-0.2, -0.15) is 13.2 Å². The van der Waals surface area contributed by atoms with Crippen molar-refractivity contribution in [2.24, 2.45) is 0 Å². The van der Waals surface area contributed by atoms with Gasteiger partial charge in [-0.15, -0.1) is 0 Å². The number of nitrogens with zero attached hydrogens (tertiary/aromatic N) is 2. The fraction of sp³-hybridized carbons (Fsp3) is 0.0588. The van der Waals surface area contributed by atoms with E-state index in [1.165, 1.54) is 48.9 Å². The molecule has 0 saturated heterocycles. The number of hydrogen-bond acceptors (Lipinski definition) is 5. The van der Waals surface area contributed by atoms with Gasteiger partial charge >= 0.3 is 6.18 Å². The van der Waals surface area contributed by atoms with Crippen molar-refractivity contribution >= 4 is 15.7 Å². The van der Waals surface area contributed by atoms with Crippen LogP contribution in [0.4, 0.5) is 18.9 Å². The Kier molecular flexibility index (Phi) is 5.00. The molecule has 3 aromatic rings. The molecule has 0 aliphatic rings. The zero-order chi connectivity index (χ0) is 19.5. The van der Waals surface area contributed by atoms with Crippen molar-refractivity contribution in [3.05, 3.63) is 72.7 Å². The highest BCUT2D eigenvalue weighted by Gasteiger charge is 2.36. The summed E-state index contributed by atoms with van der Waals surface area (Å²) >= 11 is 0. The number of alkyl halides is 3. The first-order valence-corrected chi connectivity index (χ1v) is 8.97. The van der Waals surface area contributed by atoms with Gasteiger partial charge in [0.15, 0.2) is 0 Å². The standard InChI is InChI=1S/C17H12F3N3O3S/c18-17(19,20)14-6-1-2-7-15(14)27(24,25)23-12-4-3-5-13(10-12)26-16-11-21-8-9-22-16/h1-11,23H. The summed E-state index contributed by atoms with van der Waals surface area (Å²) in [5, 5.41) is 0. The summed E-state index contributed by atoms with van der Waals surface area (Å²) in [5.41, 5.74) is -1.21. The first kappa shape index (κ1) is 18.6. The fourth-order valence-corrected chi connectivity index (χ4v) is 3.51. The van der Waals surface area contributed by atoms with Crippen molar-refractivity contribution < 1.29 is 26.3 Å². The zero-order valence-corrected chi connectivity index (χ0v) is 14.3. The number of benzene rings is 2. The third kappa shape index (κ3) is 4.53. The van der Waals surface area contributed by atoms with Crippen molar-refractivity contribution in [1.29, 1.82) is 0 Å². The number of aromatic nitrogens is 2. The van der Waals surface area contributed by atoms with Crippen LogP contribution >= 0.6 is 0 Å². The molecule has 0 aliphatic carbocycles. The summed E-state index contributed by atoms with van der Waals surface area (Å²) in [7, 11) is -4.47. The highest BCUT2D eigenvalue weighted by atomic mass is 32.2. The number of ether oxygens (including phenoxy) is 1. The van der Waals surface area contributed by atoms with Crippen LogP contribution in [0.2, 0.25) is 0 Å². The normalized spacial score (nSPS) is 11.8. The Morgan fingerprint density at radius 3 is 2.48 bits per heavy atom. The van der Waals surface area contributed by atoms with E-state index in [-0.39, 0.29) is 17.3 Å². The van der Waals surface area contributed by atoms with E-state index >= 15 is 0 Å². The quantitative estimate of drug-likeness (QED) is 0.704. The van der Waals surface area contributed by atoms with E-state index in [1.807, 2.05) is 0 Å². The highest BCUT2D eigenvalue weighted by molar-refractivity contribution is 7.92. The molecule has 0 amide bonds. The third-order valence-corrected chi connectivity index (χ3v) is 4.77. The lowest BCUT2D eigenvalue weighted by atomic mass is 10.2. The maximum absolute atomic E-state index is 13.1. The molecule has 27 heavy (non-hydrogen) atoms. The fourth-order valence-electron chi connectivity index (χ4n) is 2.23. The van der Waals surface area contributed by atoms with Crippen molar-refractivity contribution in [3.63, 3.8) is 0 Å². The van der Waals surface area contributed by atoms with Crippen LogP contribution in [0.3, 0.4) is 0 Å². The summed E-state index contributed by atoms with van der Waals surface area (Å²) < 4.78 is 71.8. The van der Waals surface area contributed by atoms with E-state index in [0.717, 1.165) is 12.1 Å². The molecule has 1 heterocycles. The molecule has 1 N–H and O–H groups in total. The minimum atomic E-state index is -4.80. The summed E-state index contributed by atoms with van der Waals surface area (Å²) in [6.45, 7) is 0. The van der Waals surface area contributed by atoms with Gasteiger partial charge in [-0.1, -0.05) is 18.2 Å². The van der Waals surface area contributed by atoms with Gasteiger partial charge in [-0.05, 0) is 24.3 Å². The van der Waals surface area contributed by atoms with Gasteiger partial charge in [0.25, 0.3) is 10.0 Å². The van der Waals surface area contributed by atoms with Gasteiger partial charge < -0.3 is 4.74 Å².